The quantitative estimate of drug-likeness (QED) is 0.684. The van der Waals surface area contributed by atoms with Crippen LogP contribution < -0.4 is 5.32 Å². The van der Waals surface area contributed by atoms with E-state index >= 15 is 0 Å². The van der Waals surface area contributed by atoms with Gasteiger partial charge in [0.1, 0.15) is 0 Å². The zero-order chi connectivity index (χ0) is 14.3. The van der Waals surface area contributed by atoms with E-state index < -0.39 is 0 Å². The van der Waals surface area contributed by atoms with Gasteiger partial charge in [-0.1, -0.05) is 29.8 Å². The number of halogens is 1. The number of carbonyl (C=O) groups excluding carboxylic acids is 1. The van der Waals surface area contributed by atoms with Gasteiger partial charge < -0.3 is 4.90 Å². The van der Waals surface area contributed by atoms with Crippen LogP contribution in [0.3, 0.4) is 0 Å². The van der Waals surface area contributed by atoms with Crippen molar-refractivity contribution in [2.75, 3.05) is 13.1 Å². The predicted octanol–water partition coefficient (Wildman–Crippen LogP) is 3.10. The Labute approximate surface area is 124 Å². The summed E-state index contributed by atoms with van der Waals surface area (Å²) in [5.74, 6) is -0.253. The molecule has 0 unspecified atom stereocenters. The fourth-order valence-electron chi connectivity index (χ4n) is 1.51. The van der Waals surface area contributed by atoms with Gasteiger partial charge >= 0.3 is 0 Å². The van der Waals surface area contributed by atoms with Gasteiger partial charge in [-0.15, -0.1) is 0 Å². The zero-order valence-electron chi connectivity index (χ0n) is 11.0. The van der Waals surface area contributed by atoms with E-state index in [9.17, 15) is 4.79 Å². The molecule has 1 aromatic rings. The van der Waals surface area contributed by atoms with Crippen LogP contribution in [0.1, 0.15) is 19.4 Å². The van der Waals surface area contributed by atoms with Gasteiger partial charge in [0, 0.05) is 24.2 Å². The van der Waals surface area contributed by atoms with Crippen molar-refractivity contribution in [1.29, 1.82) is 0 Å². The van der Waals surface area contributed by atoms with Gasteiger partial charge in [0.05, 0.1) is 0 Å². The second-order valence-electron chi connectivity index (χ2n) is 3.82. The van der Waals surface area contributed by atoms with Crippen LogP contribution in [0.15, 0.2) is 30.3 Å². The lowest BCUT2D eigenvalue weighted by atomic mass is 10.2. The molecule has 0 aromatic heterocycles. The van der Waals surface area contributed by atoms with Crippen molar-refractivity contribution in [3.05, 3.63) is 40.9 Å². The van der Waals surface area contributed by atoms with E-state index in [2.05, 4.69) is 5.32 Å². The monoisotopic (exact) mass is 296 g/mol. The van der Waals surface area contributed by atoms with Gasteiger partial charge in [-0.3, -0.25) is 10.1 Å². The van der Waals surface area contributed by atoms with Crippen LogP contribution in [-0.2, 0) is 4.79 Å². The first-order chi connectivity index (χ1) is 9.08. The molecule has 102 valence electrons. The number of rotatable bonds is 4. The average molecular weight is 297 g/mol. The lowest BCUT2D eigenvalue weighted by Gasteiger charge is -2.21. The maximum absolute atomic E-state index is 11.7. The van der Waals surface area contributed by atoms with Crippen molar-refractivity contribution in [3.63, 3.8) is 0 Å². The highest BCUT2D eigenvalue weighted by molar-refractivity contribution is 7.80. The van der Waals surface area contributed by atoms with E-state index in [1.165, 1.54) is 6.08 Å². The molecule has 0 aliphatic heterocycles. The number of carbonyl (C=O) groups is 1. The van der Waals surface area contributed by atoms with E-state index in [1.54, 1.807) is 12.1 Å². The molecule has 1 aromatic carbocycles. The van der Waals surface area contributed by atoms with Crippen molar-refractivity contribution in [1.82, 2.24) is 10.2 Å². The maximum Gasteiger partial charge on any atom is 0.250 e. The number of nitrogens with one attached hydrogen (secondary N) is 1. The van der Waals surface area contributed by atoms with Gasteiger partial charge in [0.15, 0.2) is 5.11 Å². The minimum Gasteiger partial charge on any atom is -0.350 e. The fraction of sp³-hybridized carbons (Fsp3) is 0.286. The molecule has 1 rings (SSSR count). The van der Waals surface area contributed by atoms with E-state index in [4.69, 9.17) is 23.8 Å². The molecule has 0 bridgehead atoms. The highest BCUT2D eigenvalue weighted by Crippen LogP contribution is 2.15. The van der Waals surface area contributed by atoms with Crippen LogP contribution in [0, 0.1) is 0 Å². The summed E-state index contributed by atoms with van der Waals surface area (Å²) in [5, 5.41) is 3.71. The average Bonchev–Trinajstić information content (AvgIpc) is 2.39. The summed E-state index contributed by atoms with van der Waals surface area (Å²) in [6, 6.07) is 7.33. The third-order valence-electron chi connectivity index (χ3n) is 2.60. The number of benzene rings is 1. The Bertz CT molecular complexity index is 484. The van der Waals surface area contributed by atoms with Crippen LogP contribution in [0.4, 0.5) is 0 Å². The predicted molar refractivity (Wildman–Crippen MR) is 84.1 cm³/mol. The molecular weight excluding hydrogens is 280 g/mol. The minimum atomic E-state index is -0.253. The third kappa shape index (κ3) is 5.01. The summed E-state index contributed by atoms with van der Waals surface area (Å²) in [5.41, 5.74) is 0.799. The van der Waals surface area contributed by atoms with E-state index in [-0.39, 0.29) is 5.91 Å². The number of hydrogen-bond acceptors (Lipinski definition) is 2. The van der Waals surface area contributed by atoms with Crippen LogP contribution in [0.25, 0.3) is 6.08 Å². The molecule has 0 radical (unpaired) electrons. The van der Waals surface area contributed by atoms with Crippen LogP contribution in [0.5, 0.6) is 0 Å². The Balaban J connectivity index is 2.61. The lowest BCUT2D eigenvalue weighted by Crippen LogP contribution is -2.41. The summed E-state index contributed by atoms with van der Waals surface area (Å²) in [4.78, 5) is 13.6. The van der Waals surface area contributed by atoms with Crippen LogP contribution >= 0.6 is 23.8 Å². The van der Waals surface area contributed by atoms with Crippen molar-refractivity contribution in [3.8, 4) is 0 Å². The standard InChI is InChI=1S/C14H17ClN2OS/c1-3-17(4-2)14(19)16-13(18)10-9-11-7-5-6-8-12(11)15/h5-10H,3-4H2,1-2H3,(H,16,18,19). The number of hydrogen-bond donors (Lipinski definition) is 1. The molecule has 0 heterocycles. The Morgan fingerprint density at radius 2 is 2.00 bits per heavy atom. The summed E-state index contributed by atoms with van der Waals surface area (Å²) in [6.45, 7) is 5.51. The SMILES string of the molecule is CCN(CC)C(=S)NC(=O)C=Cc1ccccc1Cl. The molecule has 1 N–H and O–H groups in total. The molecule has 0 aliphatic rings. The Morgan fingerprint density at radius 3 is 2.58 bits per heavy atom. The number of nitrogens with zero attached hydrogens (tertiary/aromatic N) is 1. The normalized spacial score (nSPS) is 10.5. The van der Waals surface area contributed by atoms with Gasteiger partial charge in [-0.2, -0.15) is 0 Å². The number of amides is 1. The molecule has 0 aliphatic carbocycles. The maximum atomic E-state index is 11.7. The van der Waals surface area contributed by atoms with Gasteiger partial charge in [-0.05, 0) is 43.8 Å². The molecule has 0 saturated heterocycles. The lowest BCUT2D eigenvalue weighted by molar-refractivity contribution is -0.115. The first kappa shape index (κ1) is 15.7. The molecular formula is C14H17ClN2OS. The molecule has 0 spiro atoms. The number of thiocarbonyl (C=S) groups is 1. The second-order valence-corrected chi connectivity index (χ2v) is 4.62. The third-order valence-corrected chi connectivity index (χ3v) is 3.30. The highest BCUT2D eigenvalue weighted by Gasteiger charge is 2.07. The van der Waals surface area contributed by atoms with E-state index in [0.29, 0.717) is 10.1 Å². The Kier molecular flexibility index (Phi) is 6.53. The Morgan fingerprint density at radius 1 is 1.37 bits per heavy atom. The van der Waals surface area contributed by atoms with Gasteiger partial charge in [-0.25, -0.2) is 0 Å². The first-order valence-corrected chi connectivity index (χ1v) is 6.89. The molecule has 0 atom stereocenters. The first-order valence-electron chi connectivity index (χ1n) is 6.11. The second kappa shape index (κ2) is 7.92. The van der Waals surface area contributed by atoms with Crippen molar-refractivity contribution in [2.24, 2.45) is 0 Å². The summed E-state index contributed by atoms with van der Waals surface area (Å²) in [7, 11) is 0. The Hall–Kier alpha value is -1.39. The molecule has 0 fully saturated rings. The fourth-order valence-corrected chi connectivity index (χ4v) is 2.07. The minimum absolute atomic E-state index is 0.253. The van der Waals surface area contributed by atoms with E-state index in [0.717, 1.165) is 18.7 Å². The topological polar surface area (TPSA) is 32.3 Å². The largest absolute Gasteiger partial charge is 0.350 e. The van der Waals surface area contributed by atoms with Gasteiger partial charge in [0.25, 0.3) is 0 Å². The summed E-state index contributed by atoms with van der Waals surface area (Å²) >= 11 is 11.1. The molecule has 0 saturated carbocycles. The van der Waals surface area contributed by atoms with Crippen molar-refractivity contribution < 1.29 is 4.79 Å². The molecule has 3 nitrogen and oxygen atoms in total. The van der Waals surface area contributed by atoms with Gasteiger partial charge in [0.2, 0.25) is 5.91 Å². The molecule has 19 heavy (non-hydrogen) atoms. The summed E-state index contributed by atoms with van der Waals surface area (Å²) in [6.07, 6.45) is 3.10. The van der Waals surface area contributed by atoms with Crippen molar-refractivity contribution in [2.45, 2.75) is 13.8 Å². The van der Waals surface area contributed by atoms with Crippen LogP contribution in [-0.4, -0.2) is 29.0 Å². The van der Waals surface area contributed by atoms with Crippen LogP contribution in [0.2, 0.25) is 5.02 Å². The molecule has 1 amide bonds. The zero-order valence-corrected chi connectivity index (χ0v) is 12.6. The highest BCUT2D eigenvalue weighted by atomic mass is 35.5. The molecule has 5 heteroatoms. The van der Waals surface area contributed by atoms with Crippen molar-refractivity contribution >= 4 is 40.9 Å². The van der Waals surface area contributed by atoms with E-state index in [1.807, 2.05) is 36.9 Å². The smallest absolute Gasteiger partial charge is 0.250 e. The summed E-state index contributed by atoms with van der Waals surface area (Å²) < 4.78 is 0.